The van der Waals surface area contributed by atoms with Crippen molar-refractivity contribution in [3.8, 4) is 17.2 Å². The summed E-state index contributed by atoms with van der Waals surface area (Å²) in [7, 11) is 1.50. The van der Waals surface area contributed by atoms with E-state index in [2.05, 4.69) is 4.99 Å². The predicted octanol–water partition coefficient (Wildman–Crippen LogP) is 0.336. The molecule has 1 unspecified atom stereocenters. The van der Waals surface area contributed by atoms with Gasteiger partial charge in [0.15, 0.2) is 11.5 Å². The molecule has 3 rings (SSSR count). The molecular formula is C11H10N2O5. The Kier molecular flexibility index (Phi) is 2.26. The first-order valence-corrected chi connectivity index (χ1v) is 5.21. The molecule has 7 heteroatoms. The van der Waals surface area contributed by atoms with E-state index in [-0.39, 0.29) is 12.8 Å². The highest BCUT2D eigenvalue weighted by molar-refractivity contribution is 5.98. The first-order valence-electron chi connectivity index (χ1n) is 5.21. The van der Waals surface area contributed by atoms with Crippen LogP contribution in [0.2, 0.25) is 0 Å². The van der Waals surface area contributed by atoms with Gasteiger partial charge in [0, 0.05) is 5.56 Å². The molecular weight excluding hydrogens is 240 g/mol. The number of amidine groups is 1. The molecule has 2 aliphatic rings. The molecule has 0 aliphatic carbocycles. The summed E-state index contributed by atoms with van der Waals surface area (Å²) in [5.41, 5.74) is 5.92. The summed E-state index contributed by atoms with van der Waals surface area (Å²) >= 11 is 0. The molecule has 0 saturated heterocycles. The van der Waals surface area contributed by atoms with Crippen molar-refractivity contribution in [2.75, 3.05) is 13.9 Å². The third-order valence-corrected chi connectivity index (χ3v) is 2.67. The van der Waals surface area contributed by atoms with E-state index in [4.69, 9.17) is 24.7 Å². The number of carbonyl (C=O) groups is 1. The normalized spacial score (nSPS) is 20.6. The molecule has 2 aliphatic heterocycles. The number of amides is 1. The fourth-order valence-electron chi connectivity index (χ4n) is 1.88. The molecule has 0 spiro atoms. The Bertz CT molecular complexity index is 555. The average molecular weight is 250 g/mol. The third-order valence-electron chi connectivity index (χ3n) is 2.67. The quantitative estimate of drug-likeness (QED) is 0.813. The van der Waals surface area contributed by atoms with Crippen molar-refractivity contribution in [3.63, 3.8) is 0 Å². The lowest BCUT2D eigenvalue weighted by Gasteiger charge is -2.11. The summed E-state index contributed by atoms with van der Waals surface area (Å²) < 4.78 is 20.8. The van der Waals surface area contributed by atoms with Crippen molar-refractivity contribution in [2.45, 2.75) is 6.10 Å². The van der Waals surface area contributed by atoms with Gasteiger partial charge < -0.3 is 24.7 Å². The van der Waals surface area contributed by atoms with E-state index in [1.54, 1.807) is 12.1 Å². The topological polar surface area (TPSA) is 92.4 Å². The van der Waals surface area contributed by atoms with Gasteiger partial charge in [0.25, 0.3) is 11.9 Å². The maximum absolute atomic E-state index is 11.6. The maximum atomic E-state index is 11.6. The molecule has 1 amide bonds. The Morgan fingerprint density at radius 3 is 2.94 bits per heavy atom. The Labute approximate surface area is 102 Å². The average Bonchev–Trinajstić information content (AvgIpc) is 2.93. The SMILES string of the molecule is COc1cc(C2OC(N)=NC2=O)cc2c1OCO2. The number of rotatable bonds is 2. The summed E-state index contributed by atoms with van der Waals surface area (Å²) in [6, 6.07) is 3.16. The van der Waals surface area contributed by atoms with Gasteiger partial charge in [-0.15, -0.1) is 0 Å². The van der Waals surface area contributed by atoms with E-state index in [1.807, 2.05) is 0 Å². The largest absolute Gasteiger partial charge is 0.493 e. The summed E-state index contributed by atoms with van der Waals surface area (Å²) in [4.78, 5) is 15.1. The number of benzene rings is 1. The Morgan fingerprint density at radius 1 is 1.44 bits per heavy atom. The molecule has 0 bridgehead atoms. The minimum atomic E-state index is -0.853. The smallest absolute Gasteiger partial charge is 0.296 e. The second-order valence-electron chi connectivity index (χ2n) is 3.74. The zero-order valence-corrected chi connectivity index (χ0v) is 9.50. The lowest BCUT2D eigenvalue weighted by atomic mass is 10.1. The zero-order valence-electron chi connectivity index (χ0n) is 9.50. The molecule has 2 heterocycles. The van der Waals surface area contributed by atoms with E-state index in [0.29, 0.717) is 22.8 Å². The lowest BCUT2D eigenvalue weighted by Crippen LogP contribution is -2.14. The number of aliphatic imine (C=N–C) groups is 1. The fraction of sp³-hybridized carbons (Fsp3) is 0.273. The van der Waals surface area contributed by atoms with Crippen LogP contribution in [0, 0.1) is 0 Å². The summed E-state index contributed by atoms with van der Waals surface area (Å²) in [5, 5.41) is 0. The van der Waals surface area contributed by atoms with Crippen molar-refractivity contribution in [3.05, 3.63) is 17.7 Å². The molecule has 18 heavy (non-hydrogen) atoms. The van der Waals surface area contributed by atoms with E-state index in [9.17, 15) is 4.79 Å². The van der Waals surface area contributed by atoms with Gasteiger partial charge in [0.1, 0.15) is 0 Å². The van der Waals surface area contributed by atoms with E-state index in [0.717, 1.165) is 0 Å². The first kappa shape index (κ1) is 10.7. The minimum absolute atomic E-state index is 0.118. The Morgan fingerprint density at radius 2 is 2.28 bits per heavy atom. The molecule has 1 aromatic rings. The molecule has 0 fully saturated rings. The highest BCUT2D eigenvalue weighted by Crippen LogP contribution is 2.43. The summed E-state index contributed by atoms with van der Waals surface area (Å²) in [5.74, 6) is 1.04. The van der Waals surface area contributed by atoms with Crippen LogP contribution in [0.5, 0.6) is 17.2 Å². The fourth-order valence-corrected chi connectivity index (χ4v) is 1.88. The lowest BCUT2D eigenvalue weighted by molar-refractivity contribution is -0.122. The monoisotopic (exact) mass is 250 g/mol. The standard InChI is InChI=1S/C11H10N2O5/c1-15-6-2-5(3-7-9(6)17-4-16-7)8-10(14)13-11(12)18-8/h2-3,8H,4H2,1H3,(H2,12,13,14). The minimum Gasteiger partial charge on any atom is -0.493 e. The van der Waals surface area contributed by atoms with Crippen LogP contribution in [0.3, 0.4) is 0 Å². The molecule has 1 atom stereocenters. The van der Waals surface area contributed by atoms with Crippen molar-refractivity contribution in [1.29, 1.82) is 0 Å². The first-order chi connectivity index (χ1) is 8.69. The predicted molar refractivity (Wildman–Crippen MR) is 59.6 cm³/mol. The van der Waals surface area contributed by atoms with Gasteiger partial charge in [0.05, 0.1) is 7.11 Å². The second kappa shape index (κ2) is 3.80. The number of nitrogens with zero attached hydrogens (tertiary/aromatic N) is 1. The highest BCUT2D eigenvalue weighted by atomic mass is 16.7. The van der Waals surface area contributed by atoms with Crippen LogP contribution in [0.25, 0.3) is 0 Å². The highest BCUT2D eigenvalue weighted by Gasteiger charge is 2.32. The third kappa shape index (κ3) is 1.52. The number of ether oxygens (including phenoxy) is 4. The van der Waals surface area contributed by atoms with Gasteiger partial charge in [-0.2, -0.15) is 4.99 Å². The summed E-state index contributed by atoms with van der Waals surface area (Å²) in [6.07, 6.45) is -0.853. The molecule has 0 radical (unpaired) electrons. The molecule has 1 aromatic carbocycles. The molecule has 0 saturated carbocycles. The van der Waals surface area contributed by atoms with Crippen molar-refractivity contribution in [1.82, 2.24) is 0 Å². The zero-order chi connectivity index (χ0) is 12.7. The van der Waals surface area contributed by atoms with Crippen LogP contribution < -0.4 is 19.9 Å². The van der Waals surface area contributed by atoms with Crippen LogP contribution in [0.4, 0.5) is 0 Å². The van der Waals surface area contributed by atoms with Crippen LogP contribution >= 0.6 is 0 Å². The maximum Gasteiger partial charge on any atom is 0.296 e. The van der Waals surface area contributed by atoms with Crippen molar-refractivity contribution in [2.24, 2.45) is 10.7 Å². The number of methoxy groups -OCH3 is 1. The summed E-state index contributed by atoms with van der Waals surface area (Å²) in [6.45, 7) is 0.118. The molecule has 2 N–H and O–H groups in total. The van der Waals surface area contributed by atoms with Gasteiger partial charge in [-0.1, -0.05) is 0 Å². The number of fused-ring (bicyclic) bond motifs is 1. The van der Waals surface area contributed by atoms with Gasteiger partial charge in [-0.05, 0) is 12.1 Å². The number of hydrogen-bond donors (Lipinski definition) is 1. The van der Waals surface area contributed by atoms with Crippen LogP contribution in [-0.4, -0.2) is 25.8 Å². The van der Waals surface area contributed by atoms with Crippen LogP contribution in [0.1, 0.15) is 11.7 Å². The molecule has 94 valence electrons. The van der Waals surface area contributed by atoms with E-state index >= 15 is 0 Å². The van der Waals surface area contributed by atoms with E-state index < -0.39 is 12.0 Å². The Hall–Kier alpha value is -2.44. The molecule has 7 nitrogen and oxygen atoms in total. The number of nitrogens with two attached hydrogens (primary N) is 1. The Balaban J connectivity index is 2.01. The number of carbonyl (C=O) groups excluding carboxylic acids is 1. The van der Waals surface area contributed by atoms with E-state index in [1.165, 1.54) is 7.11 Å². The number of hydrogen-bond acceptors (Lipinski definition) is 6. The van der Waals surface area contributed by atoms with Crippen molar-refractivity contribution < 1.29 is 23.7 Å². The van der Waals surface area contributed by atoms with Gasteiger partial charge in [-0.25, -0.2) is 0 Å². The van der Waals surface area contributed by atoms with Crippen LogP contribution in [-0.2, 0) is 9.53 Å². The van der Waals surface area contributed by atoms with Crippen molar-refractivity contribution >= 4 is 11.9 Å². The van der Waals surface area contributed by atoms with Gasteiger partial charge in [-0.3, -0.25) is 4.79 Å². The van der Waals surface area contributed by atoms with Gasteiger partial charge in [0.2, 0.25) is 18.6 Å². The van der Waals surface area contributed by atoms with Crippen LogP contribution in [0.15, 0.2) is 17.1 Å². The van der Waals surface area contributed by atoms with Gasteiger partial charge >= 0.3 is 0 Å². The second-order valence-corrected chi connectivity index (χ2v) is 3.74. The molecule has 0 aromatic heterocycles.